The molecule has 0 fully saturated rings. The van der Waals surface area contributed by atoms with Crippen molar-refractivity contribution < 1.29 is 9.90 Å². The zero-order chi connectivity index (χ0) is 14.6. The van der Waals surface area contributed by atoms with E-state index in [4.69, 9.17) is 5.11 Å². The highest BCUT2D eigenvalue weighted by Gasteiger charge is 2.25. The van der Waals surface area contributed by atoms with Crippen LogP contribution >= 0.6 is 0 Å². The van der Waals surface area contributed by atoms with Gasteiger partial charge in [0.15, 0.2) is 0 Å². The van der Waals surface area contributed by atoms with Crippen molar-refractivity contribution in [1.82, 2.24) is 10.3 Å². The second-order valence-corrected chi connectivity index (χ2v) is 5.51. The molecule has 0 unspecified atom stereocenters. The van der Waals surface area contributed by atoms with Gasteiger partial charge < -0.3 is 10.0 Å². The van der Waals surface area contributed by atoms with Gasteiger partial charge in [0.2, 0.25) is 0 Å². The summed E-state index contributed by atoms with van der Waals surface area (Å²) >= 11 is 0. The second-order valence-electron chi connectivity index (χ2n) is 5.51. The van der Waals surface area contributed by atoms with Gasteiger partial charge in [-0.1, -0.05) is 6.07 Å². The van der Waals surface area contributed by atoms with E-state index in [2.05, 4.69) is 29.0 Å². The van der Waals surface area contributed by atoms with Gasteiger partial charge in [0, 0.05) is 25.8 Å². The molecule has 1 aromatic heterocycles. The third kappa shape index (κ3) is 4.21. The molecule has 0 aliphatic rings. The molecule has 0 amide bonds. The molecule has 0 spiro atoms. The monoisotopic (exact) mass is 265 g/mol. The van der Waals surface area contributed by atoms with Crippen molar-refractivity contribution in [3.05, 3.63) is 23.9 Å². The van der Waals surface area contributed by atoms with E-state index in [1.807, 2.05) is 19.2 Å². The van der Waals surface area contributed by atoms with Crippen molar-refractivity contribution in [3.63, 3.8) is 0 Å². The van der Waals surface area contributed by atoms with E-state index in [0.29, 0.717) is 12.6 Å². The van der Waals surface area contributed by atoms with E-state index in [0.717, 1.165) is 11.4 Å². The Balaban J connectivity index is 2.65. The molecule has 0 bridgehead atoms. The fraction of sp³-hybridized carbons (Fsp3) is 0.571. The van der Waals surface area contributed by atoms with Gasteiger partial charge in [-0.3, -0.25) is 10.1 Å². The zero-order valence-corrected chi connectivity index (χ0v) is 12.3. The first kappa shape index (κ1) is 15.4. The number of carboxylic acid groups (broad SMARTS) is 1. The number of nitrogens with one attached hydrogen (secondary N) is 1. The number of pyridine rings is 1. The molecule has 19 heavy (non-hydrogen) atoms. The van der Waals surface area contributed by atoms with E-state index in [9.17, 15) is 4.79 Å². The summed E-state index contributed by atoms with van der Waals surface area (Å²) < 4.78 is 0. The van der Waals surface area contributed by atoms with Crippen molar-refractivity contribution in [2.24, 2.45) is 0 Å². The normalized spacial score (nSPS) is 11.7. The predicted octanol–water partition coefficient (Wildman–Crippen LogP) is 1.88. The molecule has 5 heteroatoms. The number of aliphatic carboxylic acids is 1. The van der Waals surface area contributed by atoms with Gasteiger partial charge in [-0.15, -0.1) is 0 Å². The summed E-state index contributed by atoms with van der Waals surface area (Å²) in [6, 6.07) is 4.30. The van der Waals surface area contributed by atoms with Gasteiger partial charge in [-0.05, 0) is 39.3 Å². The first-order valence-electron chi connectivity index (χ1n) is 6.40. The Labute approximate surface area is 114 Å². The largest absolute Gasteiger partial charge is 0.480 e. The Kier molecular flexibility index (Phi) is 4.89. The Morgan fingerprint density at radius 1 is 1.47 bits per heavy atom. The average Bonchev–Trinajstić information content (AvgIpc) is 2.36. The molecule has 0 aliphatic heterocycles. The smallest absolute Gasteiger partial charge is 0.323 e. The van der Waals surface area contributed by atoms with Gasteiger partial charge >= 0.3 is 5.97 Å². The molecule has 0 atom stereocenters. The number of rotatable bonds is 6. The van der Waals surface area contributed by atoms with E-state index < -0.39 is 11.5 Å². The predicted molar refractivity (Wildman–Crippen MR) is 76.3 cm³/mol. The lowest BCUT2D eigenvalue weighted by Gasteiger charge is -2.23. The standard InChI is InChI=1S/C14H23N3O2/c1-10(2)17(5)12-7-6-11(8-15-12)9-16-14(3,4)13(18)19/h6-8,10,16H,9H2,1-5H3,(H,18,19). The molecular weight excluding hydrogens is 242 g/mol. The lowest BCUT2D eigenvalue weighted by Crippen LogP contribution is -2.46. The van der Waals surface area contributed by atoms with Gasteiger partial charge in [0.25, 0.3) is 0 Å². The van der Waals surface area contributed by atoms with Gasteiger partial charge in [0.05, 0.1) is 0 Å². The Morgan fingerprint density at radius 2 is 2.11 bits per heavy atom. The molecule has 1 rings (SSSR count). The number of aromatic nitrogens is 1. The number of nitrogens with zero attached hydrogens (tertiary/aromatic N) is 2. The molecule has 0 aliphatic carbocycles. The highest BCUT2D eigenvalue weighted by atomic mass is 16.4. The molecule has 1 aromatic rings. The maximum atomic E-state index is 11.0. The molecule has 1 heterocycles. The number of carboxylic acids is 1. The first-order valence-corrected chi connectivity index (χ1v) is 6.40. The highest BCUT2D eigenvalue weighted by Crippen LogP contribution is 2.13. The lowest BCUT2D eigenvalue weighted by molar-refractivity contribution is -0.143. The van der Waals surface area contributed by atoms with Crippen LogP contribution in [0, 0.1) is 0 Å². The maximum Gasteiger partial charge on any atom is 0.323 e. The fourth-order valence-electron chi connectivity index (χ4n) is 1.39. The summed E-state index contributed by atoms with van der Waals surface area (Å²) in [4.78, 5) is 17.4. The van der Waals surface area contributed by atoms with E-state index in [1.165, 1.54) is 0 Å². The van der Waals surface area contributed by atoms with E-state index in [-0.39, 0.29) is 0 Å². The number of anilines is 1. The van der Waals surface area contributed by atoms with Crippen molar-refractivity contribution >= 4 is 11.8 Å². The van der Waals surface area contributed by atoms with Crippen LogP contribution in [0.4, 0.5) is 5.82 Å². The minimum absolute atomic E-state index is 0.391. The summed E-state index contributed by atoms with van der Waals surface area (Å²) in [6.07, 6.45) is 1.78. The Morgan fingerprint density at radius 3 is 2.53 bits per heavy atom. The van der Waals surface area contributed by atoms with Crippen LogP contribution in [0.1, 0.15) is 33.3 Å². The molecule has 2 N–H and O–H groups in total. The van der Waals surface area contributed by atoms with E-state index in [1.54, 1.807) is 20.0 Å². The van der Waals surface area contributed by atoms with Crippen molar-refractivity contribution in [3.8, 4) is 0 Å². The van der Waals surface area contributed by atoms with Crippen molar-refractivity contribution in [1.29, 1.82) is 0 Å². The summed E-state index contributed by atoms with van der Waals surface area (Å²) in [5.41, 5.74) is 0.0307. The molecule has 0 radical (unpaired) electrons. The number of hydrogen-bond acceptors (Lipinski definition) is 4. The van der Waals surface area contributed by atoms with Gasteiger partial charge in [-0.2, -0.15) is 0 Å². The first-order chi connectivity index (χ1) is 8.74. The van der Waals surface area contributed by atoms with E-state index >= 15 is 0 Å². The van der Waals surface area contributed by atoms with Crippen LogP contribution in [0.25, 0.3) is 0 Å². The average molecular weight is 265 g/mol. The summed E-state index contributed by atoms with van der Waals surface area (Å²) in [7, 11) is 2.00. The molecule has 0 saturated carbocycles. The minimum atomic E-state index is -0.937. The number of hydrogen-bond donors (Lipinski definition) is 2. The summed E-state index contributed by atoms with van der Waals surface area (Å²) in [6.45, 7) is 7.98. The Hall–Kier alpha value is -1.62. The molecular formula is C14H23N3O2. The molecule has 106 valence electrons. The van der Waals surface area contributed by atoms with Crippen LogP contribution in [0.15, 0.2) is 18.3 Å². The minimum Gasteiger partial charge on any atom is -0.480 e. The SMILES string of the molecule is CC(C)N(C)c1ccc(CNC(C)(C)C(=O)O)cn1. The van der Waals surface area contributed by atoms with Crippen LogP contribution in [0.2, 0.25) is 0 Å². The van der Waals surface area contributed by atoms with Crippen LogP contribution in [-0.4, -0.2) is 34.7 Å². The fourth-order valence-corrected chi connectivity index (χ4v) is 1.39. The third-order valence-electron chi connectivity index (χ3n) is 3.21. The summed E-state index contributed by atoms with van der Waals surface area (Å²) in [5.74, 6) is 0.0489. The third-order valence-corrected chi connectivity index (χ3v) is 3.21. The van der Waals surface area contributed by atoms with Crippen LogP contribution in [0.3, 0.4) is 0 Å². The summed E-state index contributed by atoms with van der Waals surface area (Å²) in [5, 5.41) is 12.0. The van der Waals surface area contributed by atoms with Gasteiger partial charge in [0.1, 0.15) is 11.4 Å². The molecule has 0 aromatic carbocycles. The Bertz CT molecular complexity index is 427. The quantitative estimate of drug-likeness (QED) is 0.822. The van der Waals surface area contributed by atoms with Crippen molar-refractivity contribution in [2.75, 3.05) is 11.9 Å². The second kappa shape index (κ2) is 6.02. The zero-order valence-electron chi connectivity index (χ0n) is 12.3. The molecule has 0 saturated heterocycles. The molecule has 5 nitrogen and oxygen atoms in total. The van der Waals surface area contributed by atoms with Gasteiger partial charge in [-0.25, -0.2) is 4.98 Å². The highest BCUT2D eigenvalue weighted by molar-refractivity contribution is 5.77. The van der Waals surface area contributed by atoms with Crippen molar-refractivity contribution in [2.45, 2.75) is 45.8 Å². The van der Waals surface area contributed by atoms with Crippen LogP contribution in [0.5, 0.6) is 0 Å². The van der Waals surface area contributed by atoms with Crippen LogP contribution in [-0.2, 0) is 11.3 Å². The topological polar surface area (TPSA) is 65.5 Å². The van der Waals surface area contributed by atoms with Crippen LogP contribution < -0.4 is 10.2 Å². The lowest BCUT2D eigenvalue weighted by atomic mass is 10.1. The number of carbonyl (C=O) groups is 1. The maximum absolute atomic E-state index is 11.0.